The summed E-state index contributed by atoms with van der Waals surface area (Å²) >= 11 is 0. The Bertz CT molecular complexity index is 904. The minimum Gasteiger partial charge on any atom is -0.497 e. The third-order valence-electron chi connectivity index (χ3n) is 4.58. The number of ether oxygens (including phenoxy) is 2. The van der Waals surface area contributed by atoms with Crippen LogP contribution in [0.15, 0.2) is 30.5 Å². The summed E-state index contributed by atoms with van der Waals surface area (Å²) in [7, 11) is 0.217. The summed E-state index contributed by atoms with van der Waals surface area (Å²) in [6.45, 7) is 2.66. The van der Waals surface area contributed by atoms with Crippen molar-refractivity contribution in [3.8, 4) is 11.5 Å². The number of rotatable bonds is 7. The highest BCUT2D eigenvalue weighted by Gasteiger charge is 2.32. The van der Waals surface area contributed by atoms with E-state index in [4.69, 9.17) is 9.47 Å². The molecule has 1 fully saturated rings. The first kappa shape index (κ1) is 19.2. The summed E-state index contributed by atoms with van der Waals surface area (Å²) in [4.78, 5) is 10.9. The number of nitrogens with zero attached hydrogens (tertiary/aromatic N) is 3. The van der Waals surface area contributed by atoms with E-state index < -0.39 is 9.84 Å². The largest absolute Gasteiger partial charge is 0.497 e. The topological polar surface area (TPSA) is 93.7 Å². The smallest absolute Gasteiger partial charge is 0.229 e. The third kappa shape index (κ3) is 4.41. The van der Waals surface area contributed by atoms with Gasteiger partial charge in [-0.1, -0.05) is 0 Å². The van der Waals surface area contributed by atoms with Crippen LogP contribution in [0.1, 0.15) is 13.3 Å². The van der Waals surface area contributed by atoms with Gasteiger partial charge < -0.3 is 19.7 Å². The van der Waals surface area contributed by atoms with E-state index >= 15 is 0 Å². The third-order valence-corrected chi connectivity index (χ3v) is 6.33. The van der Waals surface area contributed by atoms with E-state index in [1.165, 1.54) is 0 Å². The summed E-state index contributed by atoms with van der Waals surface area (Å²) in [5.74, 6) is 2.81. The van der Waals surface area contributed by atoms with Crippen LogP contribution in [0.5, 0.6) is 11.5 Å². The molecule has 0 saturated carbocycles. The van der Waals surface area contributed by atoms with Gasteiger partial charge in [-0.05, 0) is 31.5 Å². The van der Waals surface area contributed by atoms with Crippen LogP contribution in [0, 0.1) is 0 Å². The molecule has 1 aromatic carbocycles. The Morgan fingerprint density at radius 1 is 1.26 bits per heavy atom. The minimum absolute atomic E-state index is 0.0610. The van der Waals surface area contributed by atoms with Crippen molar-refractivity contribution in [2.75, 3.05) is 42.5 Å². The summed E-state index contributed by atoms with van der Waals surface area (Å²) in [6.07, 6.45) is 2.27. The maximum atomic E-state index is 11.8. The molecule has 1 atom stereocenters. The molecule has 0 spiro atoms. The fourth-order valence-electron chi connectivity index (χ4n) is 3.23. The second kappa shape index (κ2) is 7.99. The van der Waals surface area contributed by atoms with Crippen LogP contribution >= 0.6 is 0 Å². The normalized spacial score (nSPS) is 18.1. The van der Waals surface area contributed by atoms with Crippen LogP contribution in [-0.4, -0.2) is 56.7 Å². The van der Waals surface area contributed by atoms with Crippen molar-refractivity contribution in [3.63, 3.8) is 0 Å². The molecule has 0 amide bonds. The van der Waals surface area contributed by atoms with Crippen molar-refractivity contribution in [1.82, 2.24) is 9.97 Å². The van der Waals surface area contributed by atoms with Gasteiger partial charge in [0.25, 0.3) is 0 Å². The van der Waals surface area contributed by atoms with Gasteiger partial charge >= 0.3 is 0 Å². The number of hydrogen-bond donors (Lipinski definition) is 1. The Labute approximate surface area is 159 Å². The Balaban J connectivity index is 1.85. The molecule has 2 heterocycles. The van der Waals surface area contributed by atoms with Gasteiger partial charge in [-0.3, -0.25) is 0 Å². The highest BCUT2D eigenvalue weighted by atomic mass is 32.2. The molecule has 1 saturated heterocycles. The minimum atomic E-state index is -2.97. The van der Waals surface area contributed by atoms with E-state index in [1.54, 1.807) is 44.7 Å². The summed E-state index contributed by atoms with van der Waals surface area (Å²) in [5.41, 5.74) is 0.681. The summed E-state index contributed by atoms with van der Waals surface area (Å²) in [5, 5.41) is 3.15. The van der Waals surface area contributed by atoms with Crippen molar-refractivity contribution in [2.45, 2.75) is 19.4 Å². The molecule has 27 heavy (non-hydrogen) atoms. The Hall–Kier alpha value is -2.55. The lowest BCUT2D eigenvalue weighted by Gasteiger charge is -2.28. The van der Waals surface area contributed by atoms with Crippen molar-refractivity contribution in [3.05, 3.63) is 30.5 Å². The van der Waals surface area contributed by atoms with Crippen molar-refractivity contribution >= 4 is 27.3 Å². The first-order valence-corrected chi connectivity index (χ1v) is 10.6. The van der Waals surface area contributed by atoms with Gasteiger partial charge in [-0.2, -0.15) is 4.98 Å². The fraction of sp³-hybridized carbons (Fsp3) is 0.444. The average molecular weight is 392 g/mol. The van der Waals surface area contributed by atoms with E-state index in [-0.39, 0.29) is 17.5 Å². The van der Waals surface area contributed by atoms with Crippen LogP contribution in [0.2, 0.25) is 0 Å². The molecule has 1 aliphatic rings. The Kier molecular flexibility index (Phi) is 5.69. The standard InChI is InChI=1S/C18H24N4O4S/c1-4-22(13-8-10-27(23,24)12-13)17-7-9-19-18(21-17)20-15-11-14(25-2)5-6-16(15)26-3/h5-7,9,11,13H,4,8,10,12H2,1-3H3,(H,19,20,21). The van der Waals surface area contributed by atoms with Crippen LogP contribution in [0.3, 0.4) is 0 Å². The molecule has 0 aliphatic carbocycles. The summed E-state index contributed by atoms with van der Waals surface area (Å²) in [6, 6.07) is 7.14. The lowest BCUT2D eigenvalue weighted by Crippen LogP contribution is -2.36. The second-order valence-corrected chi connectivity index (χ2v) is 8.50. The molecule has 0 bridgehead atoms. The molecular weight excluding hydrogens is 368 g/mol. The van der Waals surface area contributed by atoms with Gasteiger partial charge in [0.1, 0.15) is 17.3 Å². The summed E-state index contributed by atoms with van der Waals surface area (Å²) < 4.78 is 34.3. The molecule has 9 heteroatoms. The quantitative estimate of drug-likeness (QED) is 0.767. The molecule has 1 aliphatic heterocycles. The first-order valence-electron chi connectivity index (χ1n) is 8.75. The van der Waals surface area contributed by atoms with Crippen LogP contribution < -0.4 is 19.7 Å². The average Bonchev–Trinajstić information content (AvgIpc) is 3.02. The lowest BCUT2D eigenvalue weighted by atomic mass is 10.2. The molecule has 1 N–H and O–H groups in total. The molecule has 146 valence electrons. The number of aromatic nitrogens is 2. The van der Waals surface area contributed by atoms with E-state index in [0.717, 1.165) is 0 Å². The molecule has 1 unspecified atom stereocenters. The first-order chi connectivity index (χ1) is 13.0. The number of benzene rings is 1. The van der Waals surface area contributed by atoms with Crippen molar-refractivity contribution in [2.24, 2.45) is 0 Å². The second-order valence-electron chi connectivity index (χ2n) is 6.27. The van der Waals surface area contributed by atoms with Crippen LogP contribution in [0.25, 0.3) is 0 Å². The molecule has 2 aromatic rings. The number of anilines is 3. The Morgan fingerprint density at radius 2 is 2.07 bits per heavy atom. The van der Waals surface area contributed by atoms with Gasteiger partial charge in [-0.15, -0.1) is 0 Å². The van der Waals surface area contributed by atoms with Gasteiger partial charge in [0.05, 0.1) is 31.4 Å². The van der Waals surface area contributed by atoms with Crippen molar-refractivity contribution in [1.29, 1.82) is 0 Å². The van der Waals surface area contributed by atoms with E-state index in [1.807, 2.05) is 11.8 Å². The molecule has 3 rings (SSSR count). The van der Waals surface area contributed by atoms with E-state index in [0.29, 0.717) is 41.9 Å². The molecule has 8 nitrogen and oxygen atoms in total. The maximum absolute atomic E-state index is 11.8. The molecule has 0 radical (unpaired) electrons. The molecule has 1 aromatic heterocycles. The van der Waals surface area contributed by atoms with Gasteiger partial charge in [0, 0.05) is 24.8 Å². The van der Waals surface area contributed by atoms with Gasteiger partial charge in [-0.25, -0.2) is 13.4 Å². The number of hydrogen-bond acceptors (Lipinski definition) is 8. The zero-order valence-corrected chi connectivity index (χ0v) is 16.5. The monoisotopic (exact) mass is 392 g/mol. The Morgan fingerprint density at radius 3 is 2.70 bits per heavy atom. The van der Waals surface area contributed by atoms with Crippen LogP contribution in [-0.2, 0) is 9.84 Å². The zero-order chi connectivity index (χ0) is 19.4. The predicted octanol–water partition coefficient (Wildman–Crippen LogP) is 2.25. The van der Waals surface area contributed by atoms with E-state index in [9.17, 15) is 8.42 Å². The van der Waals surface area contributed by atoms with Crippen molar-refractivity contribution < 1.29 is 17.9 Å². The predicted molar refractivity (Wildman–Crippen MR) is 105 cm³/mol. The zero-order valence-electron chi connectivity index (χ0n) is 15.7. The van der Waals surface area contributed by atoms with Gasteiger partial charge in [0.15, 0.2) is 9.84 Å². The van der Waals surface area contributed by atoms with E-state index in [2.05, 4.69) is 15.3 Å². The lowest BCUT2D eigenvalue weighted by molar-refractivity contribution is 0.405. The number of methoxy groups -OCH3 is 2. The number of sulfone groups is 1. The number of nitrogens with one attached hydrogen (secondary N) is 1. The highest BCUT2D eigenvalue weighted by Crippen LogP contribution is 2.31. The highest BCUT2D eigenvalue weighted by molar-refractivity contribution is 7.91. The maximum Gasteiger partial charge on any atom is 0.229 e. The fourth-order valence-corrected chi connectivity index (χ4v) is 4.96. The van der Waals surface area contributed by atoms with Gasteiger partial charge in [0.2, 0.25) is 5.95 Å². The van der Waals surface area contributed by atoms with Crippen LogP contribution in [0.4, 0.5) is 17.5 Å². The molecular formula is C18H24N4O4S. The SMILES string of the molecule is CCN(c1ccnc(Nc2cc(OC)ccc2OC)n1)C1CCS(=O)(=O)C1.